The van der Waals surface area contributed by atoms with Gasteiger partial charge in [-0.1, -0.05) is 24.0 Å². The Morgan fingerprint density at radius 3 is 2.86 bits per heavy atom. The Bertz CT molecular complexity index is 1060. The average Bonchev–Trinajstić information content (AvgIpc) is 3.14. The van der Waals surface area contributed by atoms with E-state index in [1.165, 1.54) is 19.2 Å². The summed E-state index contributed by atoms with van der Waals surface area (Å²) in [4.78, 5) is 20.3. The Balaban J connectivity index is 1.88. The van der Waals surface area contributed by atoms with Gasteiger partial charge in [0.25, 0.3) is 5.89 Å². The number of esters is 1. The molecule has 1 aromatic carbocycles. The van der Waals surface area contributed by atoms with Crippen LogP contribution in [0.2, 0.25) is 0 Å². The minimum Gasteiger partial charge on any atom is -0.461 e. The van der Waals surface area contributed by atoms with Crippen molar-refractivity contribution in [2.45, 2.75) is 26.4 Å². The lowest BCUT2D eigenvalue weighted by atomic mass is 10.1. The van der Waals surface area contributed by atoms with Gasteiger partial charge in [-0.15, -0.1) is 10.2 Å². The van der Waals surface area contributed by atoms with Crippen molar-refractivity contribution in [2.75, 3.05) is 6.61 Å². The molecule has 0 amide bonds. The number of aromatic nitrogens is 4. The largest absolute Gasteiger partial charge is 0.461 e. The van der Waals surface area contributed by atoms with Gasteiger partial charge in [-0.25, -0.2) is 14.8 Å². The summed E-state index contributed by atoms with van der Waals surface area (Å²) in [6, 6.07) is 8.61. The van der Waals surface area contributed by atoms with Crippen molar-refractivity contribution in [1.82, 2.24) is 20.2 Å². The second-order valence-electron chi connectivity index (χ2n) is 6.02. The van der Waals surface area contributed by atoms with Crippen LogP contribution in [-0.4, -0.2) is 37.8 Å². The zero-order chi connectivity index (χ0) is 20.1. The molecule has 0 bridgehead atoms. The Labute approximate surface area is 161 Å². The molecule has 8 heteroatoms. The highest BCUT2D eigenvalue weighted by atomic mass is 16.5. The van der Waals surface area contributed by atoms with Gasteiger partial charge in [0, 0.05) is 24.2 Å². The maximum absolute atomic E-state index is 11.9. The summed E-state index contributed by atoms with van der Waals surface area (Å²) >= 11 is 0. The van der Waals surface area contributed by atoms with Crippen LogP contribution in [-0.2, 0) is 10.3 Å². The minimum atomic E-state index is -1.59. The molecule has 1 atom stereocenters. The zero-order valence-corrected chi connectivity index (χ0v) is 15.6. The molecular formula is C20H18N4O4. The quantitative estimate of drug-likeness (QED) is 0.544. The van der Waals surface area contributed by atoms with E-state index in [9.17, 15) is 9.90 Å². The molecular weight excluding hydrogens is 360 g/mol. The smallest absolute Gasteiger partial charge is 0.357 e. The van der Waals surface area contributed by atoms with Crippen molar-refractivity contribution in [3.63, 3.8) is 0 Å². The minimum absolute atomic E-state index is 0.0270. The molecule has 0 saturated heterocycles. The summed E-state index contributed by atoms with van der Waals surface area (Å²) < 4.78 is 10.2. The highest BCUT2D eigenvalue weighted by molar-refractivity contribution is 5.87. The van der Waals surface area contributed by atoms with E-state index in [0.29, 0.717) is 22.8 Å². The van der Waals surface area contributed by atoms with Crippen molar-refractivity contribution in [2.24, 2.45) is 0 Å². The molecule has 3 aromatic rings. The number of aryl methyl sites for hydroxylation is 1. The molecule has 0 aliphatic rings. The molecule has 0 unspecified atom stereocenters. The third kappa shape index (κ3) is 4.39. The average molecular weight is 378 g/mol. The monoisotopic (exact) mass is 378 g/mol. The Morgan fingerprint density at radius 2 is 2.14 bits per heavy atom. The van der Waals surface area contributed by atoms with E-state index in [-0.39, 0.29) is 18.2 Å². The number of nitrogens with zero attached hydrogens (tertiary/aromatic N) is 4. The van der Waals surface area contributed by atoms with E-state index in [1.807, 2.05) is 0 Å². The second kappa shape index (κ2) is 7.98. The first-order chi connectivity index (χ1) is 13.4. The van der Waals surface area contributed by atoms with E-state index in [2.05, 4.69) is 32.0 Å². The first-order valence-corrected chi connectivity index (χ1v) is 8.56. The van der Waals surface area contributed by atoms with Gasteiger partial charge in [-0.3, -0.25) is 0 Å². The molecule has 0 fully saturated rings. The highest BCUT2D eigenvalue weighted by Crippen LogP contribution is 2.19. The first-order valence-electron chi connectivity index (χ1n) is 8.56. The maximum Gasteiger partial charge on any atom is 0.357 e. The molecule has 1 N–H and O–H groups in total. The second-order valence-corrected chi connectivity index (χ2v) is 6.02. The summed E-state index contributed by atoms with van der Waals surface area (Å²) in [7, 11) is 0. The van der Waals surface area contributed by atoms with Gasteiger partial charge in [-0.2, -0.15) is 0 Å². The molecule has 0 spiro atoms. The normalized spacial score (nSPS) is 12.6. The van der Waals surface area contributed by atoms with Crippen LogP contribution >= 0.6 is 0 Å². The fourth-order valence-electron chi connectivity index (χ4n) is 2.29. The van der Waals surface area contributed by atoms with Crippen molar-refractivity contribution in [1.29, 1.82) is 0 Å². The third-order valence-corrected chi connectivity index (χ3v) is 3.65. The number of ether oxygens (including phenoxy) is 1. The van der Waals surface area contributed by atoms with Gasteiger partial charge < -0.3 is 14.3 Å². The van der Waals surface area contributed by atoms with Crippen LogP contribution in [0.15, 0.2) is 40.9 Å². The number of carbonyl (C=O) groups excluding carboxylic acids is 1. The Morgan fingerprint density at radius 1 is 1.32 bits per heavy atom. The lowest BCUT2D eigenvalue weighted by Gasteiger charge is -2.10. The Hall–Kier alpha value is -3.57. The number of hydrogen-bond acceptors (Lipinski definition) is 8. The predicted molar refractivity (Wildman–Crippen MR) is 98.9 cm³/mol. The third-order valence-electron chi connectivity index (χ3n) is 3.65. The van der Waals surface area contributed by atoms with Crippen LogP contribution in [0.5, 0.6) is 0 Å². The number of rotatable bonds is 4. The van der Waals surface area contributed by atoms with Crippen LogP contribution in [0.1, 0.15) is 41.7 Å². The van der Waals surface area contributed by atoms with E-state index in [4.69, 9.17) is 9.15 Å². The topological polar surface area (TPSA) is 111 Å². The molecule has 0 saturated carbocycles. The van der Waals surface area contributed by atoms with Gasteiger partial charge in [0.15, 0.2) is 11.5 Å². The van der Waals surface area contributed by atoms with E-state index >= 15 is 0 Å². The molecule has 142 valence electrons. The lowest BCUT2D eigenvalue weighted by Crippen LogP contribution is -2.19. The molecule has 0 radical (unpaired) electrons. The lowest BCUT2D eigenvalue weighted by molar-refractivity contribution is 0.0519. The number of aliphatic hydroxyl groups is 1. The molecule has 2 heterocycles. The van der Waals surface area contributed by atoms with Crippen molar-refractivity contribution in [3.05, 3.63) is 59.6 Å². The molecule has 2 aromatic heterocycles. The van der Waals surface area contributed by atoms with Crippen molar-refractivity contribution >= 4 is 5.97 Å². The van der Waals surface area contributed by atoms with Gasteiger partial charge in [-0.05, 0) is 32.0 Å². The van der Waals surface area contributed by atoms with E-state index in [1.54, 1.807) is 38.1 Å². The van der Waals surface area contributed by atoms with Crippen LogP contribution < -0.4 is 0 Å². The van der Waals surface area contributed by atoms with Gasteiger partial charge in [0.1, 0.15) is 0 Å². The summed E-state index contributed by atoms with van der Waals surface area (Å²) in [5.41, 5.74) is -0.110. The fourth-order valence-corrected chi connectivity index (χ4v) is 2.29. The summed E-state index contributed by atoms with van der Waals surface area (Å²) in [6.07, 6.45) is 1.50. The van der Waals surface area contributed by atoms with Crippen LogP contribution in [0.4, 0.5) is 0 Å². The van der Waals surface area contributed by atoms with Gasteiger partial charge in [0.2, 0.25) is 11.5 Å². The van der Waals surface area contributed by atoms with E-state index < -0.39 is 11.6 Å². The molecule has 8 nitrogen and oxygen atoms in total. The summed E-state index contributed by atoms with van der Waals surface area (Å²) in [5, 5.41) is 18.0. The standard InChI is InChI=1S/C20H18N4O4/c1-4-27-18(25)16-9-11-21-17(22-16)15-7-5-6-14(12-15)8-10-20(3,26)19-24-23-13(2)28-19/h5-7,9,11-12,26H,4H2,1-3H3/t20-/m1/s1. The Kier molecular flexibility index (Phi) is 5.47. The predicted octanol–water partition coefficient (Wildman–Crippen LogP) is 2.27. The maximum atomic E-state index is 11.9. The SMILES string of the molecule is CCOC(=O)c1ccnc(-c2cccc(C#C[C@@](C)(O)c3nnc(C)o3)c2)n1. The van der Waals surface area contributed by atoms with Gasteiger partial charge in [0.05, 0.1) is 6.61 Å². The van der Waals surface area contributed by atoms with Crippen LogP contribution in [0.25, 0.3) is 11.4 Å². The van der Waals surface area contributed by atoms with Gasteiger partial charge >= 0.3 is 5.97 Å². The van der Waals surface area contributed by atoms with Crippen LogP contribution in [0.3, 0.4) is 0 Å². The number of carbonyl (C=O) groups is 1. The van der Waals surface area contributed by atoms with Crippen LogP contribution in [0, 0.1) is 18.8 Å². The van der Waals surface area contributed by atoms with E-state index in [0.717, 1.165) is 0 Å². The first kappa shape index (κ1) is 19.2. The fraction of sp³-hybridized carbons (Fsp3) is 0.250. The number of benzene rings is 1. The van der Waals surface area contributed by atoms with Crippen molar-refractivity contribution < 1.29 is 19.1 Å². The zero-order valence-electron chi connectivity index (χ0n) is 15.6. The summed E-state index contributed by atoms with van der Waals surface area (Å²) in [5.74, 6) is 5.84. The highest BCUT2D eigenvalue weighted by Gasteiger charge is 2.27. The molecule has 0 aliphatic carbocycles. The molecule has 28 heavy (non-hydrogen) atoms. The molecule has 0 aliphatic heterocycles. The summed E-state index contributed by atoms with van der Waals surface area (Å²) in [6.45, 7) is 5.10. The molecule has 3 rings (SSSR count). The van der Waals surface area contributed by atoms with Crippen molar-refractivity contribution in [3.8, 4) is 23.2 Å². The number of hydrogen-bond donors (Lipinski definition) is 1.